The molecule has 0 aromatic heterocycles. The van der Waals surface area contributed by atoms with Crippen LogP contribution in [0.3, 0.4) is 0 Å². The van der Waals surface area contributed by atoms with Crippen molar-refractivity contribution in [1.82, 2.24) is 5.32 Å². The number of ether oxygens (including phenoxy) is 3. The van der Waals surface area contributed by atoms with Crippen LogP contribution in [0.1, 0.15) is 28.8 Å². The molecule has 6 nitrogen and oxygen atoms in total. The molecule has 0 bridgehead atoms. The third-order valence-corrected chi connectivity index (χ3v) is 3.92. The van der Waals surface area contributed by atoms with Crippen molar-refractivity contribution in [2.45, 2.75) is 19.5 Å². The van der Waals surface area contributed by atoms with E-state index < -0.39 is 25.1 Å². The van der Waals surface area contributed by atoms with Gasteiger partial charge in [0.25, 0.3) is 5.91 Å². The van der Waals surface area contributed by atoms with Gasteiger partial charge in [0.15, 0.2) is 18.1 Å². The summed E-state index contributed by atoms with van der Waals surface area (Å²) in [5, 5.41) is 2.70. The normalized spacial score (nSPS) is 11.6. The van der Waals surface area contributed by atoms with Gasteiger partial charge in [-0.15, -0.1) is 0 Å². The van der Waals surface area contributed by atoms with Crippen LogP contribution in [-0.2, 0) is 9.53 Å². The number of rotatable bonds is 9. The molecule has 0 saturated heterocycles. The second-order valence-corrected chi connectivity index (χ2v) is 5.94. The van der Waals surface area contributed by atoms with Crippen molar-refractivity contribution in [3.63, 3.8) is 0 Å². The summed E-state index contributed by atoms with van der Waals surface area (Å²) in [4.78, 5) is 24.0. The van der Waals surface area contributed by atoms with Gasteiger partial charge < -0.3 is 19.5 Å². The van der Waals surface area contributed by atoms with E-state index in [1.807, 2.05) is 37.3 Å². The molecule has 2 rings (SSSR count). The Morgan fingerprint density at radius 2 is 1.79 bits per heavy atom. The van der Waals surface area contributed by atoms with Gasteiger partial charge in [-0.25, -0.2) is 4.79 Å². The number of carbonyl (C=O) groups is 2. The van der Waals surface area contributed by atoms with E-state index in [1.165, 1.54) is 25.3 Å². The molecule has 0 heterocycles. The lowest BCUT2D eigenvalue weighted by molar-refractivity contribution is -0.124. The lowest BCUT2D eigenvalue weighted by atomic mass is 10.0. The quantitative estimate of drug-likeness (QED) is 0.662. The summed E-state index contributed by atoms with van der Waals surface area (Å²) in [6.07, 6.45) is 0. The monoisotopic (exact) mass is 393 g/mol. The molecular weight excluding hydrogens is 372 g/mol. The molecular formula is C20H21F2NO5. The Morgan fingerprint density at radius 1 is 1.07 bits per heavy atom. The molecule has 2 aromatic rings. The zero-order valence-electron chi connectivity index (χ0n) is 15.5. The highest BCUT2D eigenvalue weighted by atomic mass is 19.3. The molecule has 0 radical (unpaired) electrons. The van der Waals surface area contributed by atoms with Crippen LogP contribution in [0.5, 0.6) is 11.5 Å². The van der Waals surface area contributed by atoms with Gasteiger partial charge in [0.05, 0.1) is 12.7 Å². The van der Waals surface area contributed by atoms with E-state index in [-0.39, 0.29) is 23.0 Å². The molecule has 1 N–H and O–H groups in total. The molecule has 1 amide bonds. The van der Waals surface area contributed by atoms with Crippen LogP contribution in [0.15, 0.2) is 48.5 Å². The first-order valence-corrected chi connectivity index (χ1v) is 8.52. The Kier molecular flexibility index (Phi) is 7.74. The SMILES string of the molecule is COc1cc(C(=O)OCC(=O)NC[C@H](C)c2ccccc2)ccc1OC(F)F. The number of hydrogen-bond acceptors (Lipinski definition) is 5. The van der Waals surface area contributed by atoms with Crippen molar-refractivity contribution in [3.8, 4) is 11.5 Å². The van der Waals surface area contributed by atoms with Gasteiger partial charge in [0, 0.05) is 6.54 Å². The maximum atomic E-state index is 12.3. The maximum absolute atomic E-state index is 12.3. The highest BCUT2D eigenvalue weighted by Crippen LogP contribution is 2.29. The summed E-state index contributed by atoms with van der Waals surface area (Å²) in [7, 11) is 1.25. The van der Waals surface area contributed by atoms with Crippen LogP contribution in [-0.4, -0.2) is 38.7 Å². The molecule has 2 aromatic carbocycles. The smallest absolute Gasteiger partial charge is 0.387 e. The molecule has 0 fully saturated rings. The second kappa shape index (κ2) is 10.2. The molecule has 0 aliphatic heterocycles. The maximum Gasteiger partial charge on any atom is 0.387 e. The molecule has 0 aliphatic carbocycles. The van der Waals surface area contributed by atoms with Gasteiger partial charge in [-0.2, -0.15) is 8.78 Å². The topological polar surface area (TPSA) is 73.9 Å². The molecule has 0 aliphatic rings. The Balaban J connectivity index is 1.85. The number of esters is 1. The number of nitrogens with one attached hydrogen (secondary N) is 1. The molecule has 0 spiro atoms. The number of alkyl halides is 2. The summed E-state index contributed by atoms with van der Waals surface area (Å²) in [6.45, 7) is -1.11. The third kappa shape index (κ3) is 6.22. The Hall–Kier alpha value is -3.16. The number of methoxy groups -OCH3 is 1. The van der Waals surface area contributed by atoms with Crippen molar-refractivity contribution >= 4 is 11.9 Å². The van der Waals surface area contributed by atoms with Crippen LogP contribution in [0.25, 0.3) is 0 Å². The number of carbonyl (C=O) groups excluding carboxylic acids is 2. The molecule has 8 heteroatoms. The lowest BCUT2D eigenvalue weighted by Crippen LogP contribution is -2.31. The predicted octanol–water partition coefficient (Wildman–Crippen LogP) is 3.37. The van der Waals surface area contributed by atoms with Gasteiger partial charge in [0.2, 0.25) is 0 Å². The van der Waals surface area contributed by atoms with Crippen molar-refractivity contribution in [2.75, 3.05) is 20.3 Å². The van der Waals surface area contributed by atoms with Gasteiger partial charge in [-0.1, -0.05) is 37.3 Å². The molecule has 1 atom stereocenters. The van der Waals surface area contributed by atoms with E-state index in [9.17, 15) is 18.4 Å². The van der Waals surface area contributed by atoms with E-state index in [1.54, 1.807) is 0 Å². The summed E-state index contributed by atoms with van der Waals surface area (Å²) in [5.74, 6) is -1.38. The zero-order chi connectivity index (χ0) is 20.5. The average Bonchev–Trinajstić information content (AvgIpc) is 2.70. The molecule has 150 valence electrons. The molecule has 0 saturated carbocycles. The Bertz CT molecular complexity index is 798. The summed E-state index contributed by atoms with van der Waals surface area (Å²) in [6, 6.07) is 13.3. The van der Waals surface area contributed by atoms with Crippen LogP contribution >= 0.6 is 0 Å². The Labute approximate surface area is 161 Å². The number of halogens is 2. The predicted molar refractivity (Wildman–Crippen MR) is 97.8 cm³/mol. The first-order chi connectivity index (χ1) is 13.4. The molecule has 28 heavy (non-hydrogen) atoms. The minimum Gasteiger partial charge on any atom is -0.493 e. The van der Waals surface area contributed by atoms with Gasteiger partial charge >= 0.3 is 12.6 Å². The minimum atomic E-state index is -3.02. The summed E-state index contributed by atoms with van der Waals surface area (Å²) < 4.78 is 38.8. The number of amides is 1. The Morgan fingerprint density at radius 3 is 2.43 bits per heavy atom. The summed E-state index contributed by atoms with van der Waals surface area (Å²) >= 11 is 0. The third-order valence-electron chi connectivity index (χ3n) is 3.92. The van der Waals surface area contributed by atoms with Crippen LogP contribution in [0.4, 0.5) is 8.78 Å². The second-order valence-electron chi connectivity index (χ2n) is 5.94. The van der Waals surface area contributed by atoms with Gasteiger partial charge in [-0.05, 0) is 29.7 Å². The van der Waals surface area contributed by atoms with E-state index in [0.29, 0.717) is 6.54 Å². The first-order valence-electron chi connectivity index (χ1n) is 8.52. The highest BCUT2D eigenvalue weighted by Gasteiger charge is 2.16. The largest absolute Gasteiger partial charge is 0.493 e. The fourth-order valence-electron chi connectivity index (χ4n) is 2.42. The van der Waals surface area contributed by atoms with E-state index >= 15 is 0 Å². The van der Waals surface area contributed by atoms with Crippen molar-refractivity contribution in [3.05, 3.63) is 59.7 Å². The van der Waals surface area contributed by atoms with E-state index in [4.69, 9.17) is 9.47 Å². The van der Waals surface area contributed by atoms with Crippen LogP contribution in [0.2, 0.25) is 0 Å². The van der Waals surface area contributed by atoms with E-state index in [2.05, 4.69) is 10.1 Å². The lowest BCUT2D eigenvalue weighted by Gasteiger charge is -2.13. The zero-order valence-corrected chi connectivity index (χ0v) is 15.5. The minimum absolute atomic E-state index is 0.0453. The van der Waals surface area contributed by atoms with Gasteiger partial charge in [0.1, 0.15) is 0 Å². The molecule has 0 unspecified atom stereocenters. The van der Waals surface area contributed by atoms with Crippen molar-refractivity contribution in [1.29, 1.82) is 0 Å². The average molecular weight is 393 g/mol. The number of benzene rings is 2. The van der Waals surface area contributed by atoms with Crippen molar-refractivity contribution < 1.29 is 32.6 Å². The van der Waals surface area contributed by atoms with Gasteiger partial charge in [-0.3, -0.25) is 4.79 Å². The fraction of sp³-hybridized carbons (Fsp3) is 0.300. The fourth-order valence-corrected chi connectivity index (χ4v) is 2.42. The number of hydrogen-bond donors (Lipinski definition) is 1. The van der Waals surface area contributed by atoms with E-state index in [0.717, 1.165) is 5.56 Å². The summed E-state index contributed by atoms with van der Waals surface area (Å²) in [5.41, 5.74) is 1.13. The van der Waals surface area contributed by atoms with Crippen LogP contribution in [0, 0.1) is 0 Å². The van der Waals surface area contributed by atoms with Crippen molar-refractivity contribution in [2.24, 2.45) is 0 Å². The van der Waals surface area contributed by atoms with Crippen LogP contribution < -0.4 is 14.8 Å². The highest BCUT2D eigenvalue weighted by molar-refractivity contribution is 5.92. The first kappa shape index (κ1) is 21.1. The standard InChI is InChI=1S/C20H21F2NO5/c1-13(14-6-4-3-5-7-14)11-23-18(24)12-27-19(25)15-8-9-16(28-20(21)22)17(10-15)26-2/h3-10,13,20H,11-12H2,1-2H3,(H,23,24)/t13-/m0/s1.